The van der Waals surface area contributed by atoms with Gasteiger partial charge in [0, 0.05) is 5.56 Å². The summed E-state index contributed by atoms with van der Waals surface area (Å²) in [5.74, 6) is -2.43. The minimum atomic E-state index is -2.81. The van der Waals surface area contributed by atoms with Crippen LogP contribution in [0.1, 0.15) is 27.4 Å². The topological polar surface area (TPSA) is 61.8 Å². The van der Waals surface area contributed by atoms with Crippen molar-refractivity contribution >= 4 is 11.8 Å². The molecule has 0 aromatic heterocycles. The van der Waals surface area contributed by atoms with Crippen LogP contribution in [0.15, 0.2) is 42.5 Å². The highest BCUT2D eigenvalue weighted by atomic mass is 19.1. The second kappa shape index (κ2) is 5.06. The predicted octanol–water partition coefficient (Wildman–Crippen LogP) is 2.62. The Labute approximate surface area is 136 Å². The van der Waals surface area contributed by atoms with Crippen molar-refractivity contribution < 1.29 is 28.2 Å². The van der Waals surface area contributed by atoms with Gasteiger partial charge in [0.1, 0.15) is 0 Å². The average Bonchev–Trinajstić information content (AvgIpc) is 3.15. The lowest BCUT2D eigenvalue weighted by atomic mass is 9.83. The van der Waals surface area contributed by atoms with Gasteiger partial charge in [0.2, 0.25) is 12.6 Å². The molecule has 5 nitrogen and oxygen atoms in total. The summed E-state index contributed by atoms with van der Waals surface area (Å²) in [5, 5.41) is 0. The maximum atomic E-state index is 15.7. The minimum Gasteiger partial charge on any atom is -0.466 e. The fourth-order valence-corrected chi connectivity index (χ4v) is 3.35. The zero-order valence-electron chi connectivity index (χ0n) is 12.7. The van der Waals surface area contributed by atoms with Gasteiger partial charge in [-0.1, -0.05) is 30.3 Å². The van der Waals surface area contributed by atoms with Crippen molar-refractivity contribution in [1.82, 2.24) is 0 Å². The van der Waals surface area contributed by atoms with Gasteiger partial charge in [0.05, 0.1) is 13.0 Å². The zero-order valence-corrected chi connectivity index (χ0v) is 12.7. The van der Waals surface area contributed by atoms with Gasteiger partial charge in [0.15, 0.2) is 11.5 Å². The molecule has 4 rings (SSSR count). The van der Waals surface area contributed by atoms with Crippen LogP contribution in [0.2, 0.25) is 0 Å². The van der Waals surface area contributed by atoms with E-state index in [2.05, 4.69) is 4.74 Å². The van der Waals surface area contributed by atoms with Crippen LogP contribution in [0.4, 0.5) is 4.39 Å². The lowest BCUT2D eigenvalue weighted by molar-refractivity contribution is -0.151. The largest absolute Gasteiger partial charge is 0.466 e. The highest BCUT2D eigenvalue weighted by molar-refractivity contribution is 6.20. The number of hydrogen-bond donors (Lipinski definition) is 0. The third-order valence-electron chi connectivity index (χ3n) is 4.44. The van der Waals surface area contributed by atoms with Crippen LogP contribution in [0.3, 0.4) is 0 Å². The Kier molecular flexibility index (Phi) is 3.09. The van der Waals surface area contributed by atoms with E-state index in [1.165, 1.54) is 6.07 Å². The summed E-state index contributed by atoms with van der Waals surface area (Å²) in [6, 6.07) is 11.6. The number of hydrogen-bond acceptors (Lipinski definition) is 5. The molecule has 0 unspecified atom stereocenters. The van der Waals surface area contributed by atoms with E-state index < -0.39 is 23.3 Å². The number of halogens is 1. The first kappa shape index (κ1) is 14.7. The molecule has 2 atom stereocenters. The van der Waals surface area contributed by atoms with E-state index in [0.29, 0.717) is 22.6 Å². The molecule has 24 heavy (non-hydrogen) atoms. The van der Waals surface area contributed by atoms with Crippen LogP contribution < -0.4 is 9.47 Å². The summed E-state index contributed by atoms with van der Waals surface area (Å²) in [6.07, 6.45) is 0. The Bertz CT molecular complexity index is 848. The number of carbonyl (C=O) groups excluding carboxylic acids is 2. The van der Waals surface area contributed by atoms with Gasteiger partial charge in [-0.25, -0.2) is 9.18 Å². The third kappa shape index (κ3) is 1.79. The summed E-state index contributed by atoms with van der Waals surface area (Å²) in [4.78, 5) is 24.9. The average molecular weight is 328 g/mol. The molecular weight excluding hydrogens is 315 g/mol. The van der Waals surface area contributed by atoms with E-state index in [1.807, 2.05) is 0 Å². The maximum absolute atomic E-state index is 15.7. The zero-order chi connectivity index (χ0) is 16.9. The van der Waals surface area contributed by atoms with Crippen molar-refractivity contribution in [1.29, 1.82) is 0 Å². The van der Waals surface area contributed by atoms with E-state index in [4.69, 9.17) is 9.47 Å². The lowest BCUT2D eigenvalue weighted by Gasteiger charge is -2.24. The number of methoxy groups -OCH3 is 1. The van der Waals surface area contributed by atoms with E-state index in [-0.39, 0.29) is 12.4 Å². The van der Waals surface area contributed by atoms with Crippen LogP contribution in [0.5, 0.6) is 11.5 Å². The molecule has 122 valence electrons. The van der Waals surface area contributed by atoms with Crippen molar-refractivity contribution in [3.63, 3.8) is 0 Å². The van der Waals surface area contributed by atoms with Crippen LogP contribution in [0.25, 0.3) is 0 Å². The van der Waals surface area contributed by atoms with Crippen LogP contribution in [-0.2, 0) is 9.53 Å². The van der Waals surface area contributed by atoms with Gasteiger partial charge < -0.3 is 14.2 Å². The van der Waals surface area contributed by atoms with Crippen molar-refractivity contribution in [3.8, 4) is 11.5 Å². The van der Waals surface area contributed by atoms with E-state index >= 15 is 4.39 Å². The van der Waals surface area contributed by atoms with Gasteiger partial charge in [0.25, 0.3) is 5.67 Å². The van der Waals surface area contributed by atoms with Gasteiger partial charge in [-0.15, -0.1) is 0 Å². The number of rotatable bonds is 2. The second-order valence-electron chi connectivity index (χ2n) is 5.67. The van der Waals surface area contributed by atoms with E-state index in [0.717, 1.165) is 7.11 Å². The number of ketones is 1. The first-order valence-corrected chi connectivity index (χ1v) is 7.38. The molecule has 1 heterocycles. The highest BCUT2D eigenvalue weighted by Crippen LogP contribution is 2.51. The third-order valence-corrected chi connectivity index (χ3v) is 4.44. The molecule has 2 aliphatic rings. The number of fused-ring (bicyclic) bond motifs is 2. The van der Waals surface area contributed by atoms with Crippen molar-refractivity contribution in [2.45, 2.75) is 11.6 Å². The lowest BCUT2D eigenvalue weighted by Crippen LogP contribution is -2.44. The molecule has 0 saturated carbocycles. The molecule has 0 saturated heterocycles. The summed E-state index contributed by atoms with van der Waals surface area (Å²) in [7, 11) is 1.06. The van der Waals surface area contributed by atoms with Crippen LogP contribution in [-0.4, -0.2) is 31.3 Å². The Balaban J connectivity index is 1.97. The van der Waals surface area contributed by atoms with Crippen molar-refractivity contribution in [2.24, 2.45) is 0 Å². The van der Waals surface area contributed by atoms with Crippen LogP contribution >= 0.6 is 0 Å². The summed E-state index contributed by atoms with van der Waals surface area (Å²) in [5.41, 5.74) is -1.80. The maximum Gasteiger partial charge on any atom is 0.352 e. The molecular formula is C18H13FO5. The summed E-state index contributed by atoms with van der Waals surface area (Å²) < 4.78 is 30.9. The van der Waals surface area contributed by atoms with Crippen molar-refractivity contribution in [2.75, 3.05) is 13.9 Å². The molecule has 2 aromatic carbocycles. The first-order valence-electron chi connectivity index (χ1n) is 7.38. The molecule has 2 aromatic rings. The Morgan fingerprint density at radius 3 is 2.54 bits per heavy atom. The molecule has 0 bridgehead atoms. The number of esters is 1. The van der Waals surface area contributed by atoms with Gasteiger partial charge >= 0.3 is 5.97 Å². The number of carbonyl (C=O) groups is 2. The standard InChI is InChI=1S/C18H13FO5/c1-22-17(21)18(19)15(10-5-3-2-4-6-10)11-7-13-14(24-9-23-13)8-12(11)16(18)20/h2-8,15H,9H2,1H3/t15-,18+/m1/s1. The van der Waals surface area contributed by atoms with Crippen molar-refractivity contribution in [3.05, 3.63) is 59.2 Å². The molecule has 0 amide bonds. The van der Waals surface area contributed by atoms with Gasteiger partial charge in [-0.05, 0) is 23.3 Å². The van der Waals surface area contributed by atoms with Crippen LogP contribution in [0, 0.1) is 0 Å². The Morgan fingerprint density at radius 2 is 1.88 bits per heavy atom. The second-order valence-corrected chi connectivity index (χ2v) is 5.67. The first-order chi connectivity index (χ1) is 11.6. The SMILES string of the molecule is COC(=O)[C@@]1(F)C(=O)c2cc3c(cc2[C@H]1c1ccccc1)OCO3. The Morgan fingerprint density at radius 1 is 1.21 bits per heavy atom. The fraction of sp³-hybridized carbons (Fsp3) is 0.222. The van der Waals surface area contributed by atoms with E-state index in [1.54, 1.807) is 36.4 Å². The van der Waals surface area contributed by atoms with Gasteiger partial charge in [-0.3, -0.25) is 4.79 Å². The summed E-state index contributed by atoms with van der Waals surface area (Å²) >= 11 is 0. The number of benzene rings is 2. The van der Waals surface area contributed by atoms with E-state index in [9.17, 15) is 9.59 Å². The Hall–Kier alpha value is -2.89. The number of alkyl halides is 1. The quantitative estimate of drug-likeness (QED) is 0.626. The molecule has 0 N–H and O–H groups in total. The number of Topliss-reactive ketones (excluding diaryl/α,β-unsaturated/α-hetero) is 1. The highest BCUT2D eigenvalue weighted by Gasteiger charge is 2.61. The normalized spacial score (nSPS) is 23.9. The van der Waals surface area contributed by atoms with Gasteiger partial charge in [-0.2, -0.15) is 0 Å². The molecule has 1 aliphatic carbocycles. The predicted molar refractivity (Wildman–Crippen MR) is 81.0 cm³/mol. The molecule has 0 spiro atoms. The molecule has 1 aliphatic heterocycles. The monoisotopic (exact) mass is 328 g/mol. The summed E-state index contributed by atoms with van der Waals surface area (Å²) in [6.45, 7) is 0.0419. The minimum absolute atomic E-state index is 0.0419. The molecule has 6 heteroatoms. The molecule has 0 fully saturated rings. The fourth-order valence-electron chi connectivity index (χ4n) is 3.35. The molecule has 0 radical (unpaired) electrons. The smallest absolute Gasteiger partial charge is 0.352 e. The number of ether oxygens (including phenoxy) is 3.